The van der Waals surface area contributed by atoms with Gasteiger partial charge in [-0.05, 0) is 220 Å². The number of nitrogens with one attached hydrogen (secondary N) is 1. The molecule has 7 heterocycles. The molecule has 8 aromatic rings. The number of nitriles is 4. The standard InChI is InChI=1S/C25H19F5N4O.C19H24F2N2O2.C14H16F2N2.C10H7N3O2.C8H4BrF5.C7H11N.6CH4.ClH/c26-20-12-17(25(28,29)30)13-21(27)19(20)14-24(15-31)5-10-34(11-6-24)23(35)18-2-1-7-33-22(18)16-3-8-32-9-4-16;1-13-9-15(20)14(16(21)10-13)11-19(12-22)5-7-23(8-6-19)17(24)25-18(2,3)4;1-10-6-12(15)11(13(16)7-10)8-14(9-17)2-4-18-5-3-14;14-10(15)7-2-1-4-12-9(7)8-3-5-11-6-13-8;9-3-5-6(10)1-4(2-7(5)11)8(12,13)14;8-6-7-4-2-1-3-5-7;;;;;;;/h1-4,7-9,12-13H,5-6,10-11,14H2;9-10H,5-8,11H2,1-4H3;6-7,18H,2-5,8H2,1H3;1-6H,(H,14,15);1-2H,3H2;7H,1-5H2;6*1H4;1H. The van der Waals surface area contributed by atoms with Crippen LogP contribution in [0.4, 0.5) is 66.3 Å². The minimum Gasteiger partial charge on any atom is -0.478 e. The van der Waals surface area contributed by atoms with Gasteiger partial charge in [-0.3, -0.25) is 19.7 Å². The summed E-state index contributed by atoms with van der Waals surface area (Å²) in [6, 6.07) is 26.5. The Morgan fingerprint density at radius 2 is 0.893 bits per heavy atom. The molecule has 0 bridgehead atoms. The second kappa shape index (κ2) is 50.0. The first kappa shape index (κ1) is 111. The summed E-state index contributed by atoms with van der Waals surface area (Å²) in [4.78, 5) is 59.4. The van der Waals surface area contributed by atoms with Gasteiger partial charge in [-0.2, -0.15) is 47.4 Å². The third-order valence-electron chi connectivity index (χ3n) is 19.5. The van der Waals surface area contributed by atoms with Gasteiger partial charge in [-0.1, -0.05) is 79.8 Å². The molecule has 2 amide bonds. The second-order valence-corrected chi connectivity index (χ2v) is 29.6. The summed E-state index contributed by atoms with van der Waals surface area (Å²) in [5.74, 6) is -8.34. The lowest BCUT2D eigenvalue weighted by molar-refractivity contribution is -0.138. The van der Waals surface area contributed by atoms with Crippen LogP contribution in [-0.2, 0) is 41.7 Å². The second-order valence-electron chi connectivity index (χ2n) is 29.0. The number of hydrogen-bond acceptors (Lipinski definition) is 14. The highest BCUT2D eigenvalue weighted by Crippen LogP contribution is 2.41. The number of amides is 2. The van der Waals surface area contributed by atoms with Crippen LogP contribution in [0.1, 0.15) is 201 Å². The maximum absolute atomic E-state index is 14.4. The monoisotopic (exact) mass is 1800 g/mol. The van der Waals surface area contributed by atoms with Crippen molar-refractivity contribution in [2.45, 2.75) is 192 Å². The van der Waals surface area contributed by atoms with Gasteiger partial charge in [0.15, 0.2) is 0 Å². The van der Waals surface area contributed by atoms with E-state index in [2.05, 4.69) is 70.4 Å². The minimum absolute atomic E-state index is 0. The SMILES string of the molecule is C.C.C.C.C.C.Cc1cc(F)c(CC2(C#N)CCN(C(=O)OC(C)(C)C)CC2)c(F)c1.Cc1cc(F)c(CC2(C#N)CCNCC2)c(F)c1.Cl.Fc1cc(C(F)(F)F)cc(F)c1CBr.N#CC1(Cc2c(F)cc(C(F)(F)F)cc2F)CCN(C(=O)c2cccnc2-c2ccncc2)CC1.N#CC1CCCCC1.O=C(O)c1cccnc1-c1ccncn1. The highest BCUT2D eigenvalue weighted by atomic mass is 79.9. The molecule has 4 fully saturated rings. The molecule has 12 rings (SSSR count). The maximum Gasteiger partial charge on any atom is 0.416 e. The fourth-order valence-electron chi connectivity index (χ4n) is 13.0. The lowest BCUT2D eigenvalue weighted by Gasteiger charge is -2.38. The van der Waals surface area contributed by atoms with Crippen LogP contribution in [0.15, 0.2) is 128 Å². The predicted octanol–water partition coefficient (Wildman–Crippen LogP) is 23.9. The normalized spacial score (nSPS) is 14.7. The van der Waals surface area contributed by atoms with E-state index in [1.165, 1.54) is 67.0 Å². The summed E-state index contributed by atoms with van der Waals surface area (Å²) in [5, 5.41) is 49.1. The lowest BCUT2D eigenvalue weighted by atomic mass is 9.74. The molecule has 0 unspecified atom stereocenters. The summed E-state index contributed by atoms with van der Waals surface area (Å²) < 4.78 is 190. The lowest BCUT2D eigenvalue weighted by Crippen LogP contribution is -2.45. The Kier molecular flexibility index (Phi) is 45.7. The number of aromatic carboxylic acids is 1. The molecular formula is C89H106BrClF14N12O5. The Morgan fingerprint density at radius 1 is 0.516 bits per heavy atom. The molecule has 122 heavy (non-hydrogen) atoms. The number of carbonyl (C=O) groups excluding carboxylic acids is 2. The number of ether oxygens (including phenoxy) is 1. The van der Waals surface area contributed by atoms with Gasteiger partial charge in [0.2, 0.25) is 0 Å². The van der Waals surface area contributed by atoms with E-state index < -0.39 is 121 Å². The van der Waals surface area contributed by atoms with Crippen molar-refractivity contribution >= 4 is 46.3 Å². The van der Waals surface area contributed by atoms with Gasteiger partial charge in [0.25, 0.3) is 5.91 Å². The molecule has 664 valence electrons. The average Bonchev–Trinajstić information content (AvgIpc) is 0.797. The first-order chi connectivity index (χ1) is 54.3. The number of halogens is 16. The van der Waals surface area contributed by atoms with Crippen LogP contribution in [0.25, 0.3) is 22.6 Å². The molecule has 2 N–H and O–H groups in total. The molecule has 0 spiro atoms. The van der Waals surface area contributed by atoms with Crippen molar-refractivity contribution < 1.29 is 85.7 Å². The summed E-state index contributed by atoms with van der Waals surface area (Å²) in [6.07, 6.45) is 7.29. The molecule has 4 aromatic heterocycles. The molecule has 0 atom stereocenters. The van der Waals surface area contributed by atoms with Crippen LogP contribution >= 0.6 is 28.3 Å². The molecule has 0 radical (unpaired) electrons. The largest absolute Gasteiger partial charge is 0.478 e. The zero-order valence-electron chi connectivity index (χ0n) is 63.6. The smallest absolute Gasteiger partial charge is 0.416 e. The summed E-state index contributed by atoms with van der Waals surface area (Å²) >= 11 is 2.77. The van der Waals surface area contributed by atoms with E-state index in [0.717, 1.165) is 25.9 Å². The quantitative estimate of drug-likeness (QED) is 0.0901. The van der Waals surface area contributed by atoms with Crippen LogP contribution < -0.4 is 5.32 Å². The van der Waals surface area contributed by atoms with Crippen LogP contribution in [0.3, 0.4) is 0 Å². The average molecular weight is 1810 g/mol. The Bertz CT molecular complexity index is 4760. The Morgan fingerprint density at radius 3 is 1.25 bits per heavy atom. The van der Waals surface area contributed by atoms with E-state index in [1.807, 2.05) is 0 Å². The van der Waals surface area contributed by atoms with Crippen molar-refractivity contribution in [3.63, 3.8) is 0 Å². The zero-order valence-corrected chi connectivity index (χ0v) is 66.0. The zero-order chi connectivity index (χ0) is 84.6. The van der Waals surface area contributed by atoms with Crippen molar-refractivity contribution in [3.8, 4) is 46.9 Å². The number of piperidine rings is 3. The predicted molar refractivity (Wildman–Crippen MR) is 447 cm³/mol. The molecule has 3 aliphatic heterocycles. The number of rotatable bonds is 11. The number of hydrogen-bond donors (Lipinski definition) is 2. The van der Waals surface area contributed by atoms with Crippen LogP contribution in [-0.4, -0.2) is 103 Å². The summed E-state index contributed by atoms with van der Waals surface area (Å²) in [6.45, 7) is 11.0. The number of alkyl halides is 7. The van der Waals surface area contributed by atoms with E-state index in [0.29, 0.717) is 84.0 Å². The minimum atomic E-state index is -4.89. The number of carboxylic acid groups (broad SMARTS) is 1. The number of likely N-dealkylation sites (tertiary alicyclic amines) is 2. The first-order valence-electron chi connectivity index (χ1n) is 36.3. The number of aryl methyl sites for hydroxylation is 2. The van der Waals surface area contributed by atoms with Gasteiger partial charge in [-0.15, -0.1) is 12.4 Å². The molecule has 1 saturated carbocycles. The first-order valence-corrected chi connectivity index (χ1v) is 37.4. The topological polar surface area (TPSA) is 259 Å². The summed E-state index contributed by atoms with van der Waals surface area (Å²) in [7, 11) is 0. The van der Waals surface area contributed by atoms with Gasteiger partial charge >= 0.3 is 24.4 Å². The molecule has 1 aliphatic carbocycles. The third kappa shape index (κ3) is 31.3. The Hall–Kier alpha value is -10.7. The number of aromatic nitrogens is 5. The van der Waals surface area contributed by atoms with Crippen molar-refractivity contribution in [1.82, 2.24) is 40.0 Å². The number of benzene rings is 4. The number of pyridine rings is 3. The number of carboxylic acids is 1. The van der Waals surface area contributed by atoms with Gasteiger partial charge in [0.1, 0.15) is 64.2 Å². The van der Waals surface area contributed by atoms with Crippen molar-refractivity contribution in [3.05, 3.63) is 230 Å². The molecular weight excluding hydrogens is 1700 g/mol. The molecule has 33 heteroatoms. The highest BCUT2D eigenvalue weighted by Gasteiger charge is 2.42. The van der Waals surface area contributed by atoms with Gasteiger partial charge < -0.3 is 25.0 Å². The molecule has 4 aliphatic rings. The van der Waals surface area contributed by atoms with E-state index >= 15 is 0 Å². The summed E-state index contributed by atoms with van der Waals surface area (Å²) in [5.41, 5.74) is -3.45. The van der Waals surface area contributed by atoms with E-state index in [4.69, 9.17) is 15.1 Å². The van der Waals surface area contributed by atoms with E-state index in [-0.39, 0.29) is 148 Å². The van der Waals surface area contributed by atoms with Gasteiger partial charge in [-0.25, -0.2) is 54.7 Å². The van der Waals surface area contributed by atoms with E-state index in [9.17, 15) is 91.6 Å². The fourth-order valence-corrected chi connectivity index (χ4v) is 13.6. The van der Waals surface area contributed by atoms with E-state index in [1.54, 1.807) is 101 Å². The van der Waals surface area contributed by atoms with Crippen LogP contribution in [0, 0.1) is 128 Å². The Balaban J connectivity index is 0.00000150. The van der Waals surface area contributed by atoms with Crippen molar-refractivity contribution in [2.75, 3.05) is 39.3 Å². The molecule has 4 aromatic carbocycles. The van der Waals surface area contributed by atoms with Crippen molar-refractivity contribution in [1.29, 1.82) is 21.0 Å². The third-order valence-corrected chi connectivity index (χ3v) is 20.0. The van der Waals surface area contributed by atoms with Gasteiger partial charge in [0.05, 0.1) is 74.2 Å². The van der Waals surface area contributed by atoms with Crippen LogP contribution in [0.5, 0.6) is 0 Å². The van der Waals surface area contributed by atoms with Crippen LogP contribution in [0.2, 0.25) is 0 Å². The molecule has 17 nitrogen and oxygen atoms in total. The number of carbonyl (C=O) groups is 3. The fraction of sp³-hybridized carbons (Fsp3) is 0.438. The Labute approximate surface area is 720 Å². The van der Waals surface area contributed by atoms with Gasteiger partial charge in [0, 0.05) is 96.2 Å². The van der Waals surface area contributed by atoms with Crippen molar-refractivity contribution in [2.24, 2.45) is 22.2 Å². The highest BCUT2D eigenvalue weighted by molar-refractivity contribution is 9.08. The molecule has 3 saturated heterocycles. The maximum atomic E-state index is 14.4. The number of nitrogens with zero attached hydrogens (tertiary/aromatic N) is 11.